The molecule has 0 bridgehead atoms. The quantitative estimate of drug-likeness (QED) is 0.388. The summed E-state index contributed by atoms with van der Waals surface area (Å²) in [6.07, 6.45) is 5.09. The van der Waals surface area contributed by atoms with E-state index in [2.05, 4.69) is 37.2 Å². The Morgan fingerprint density at radius 3 is 2.45 bits per heavy atom. The van der Waals surface area contributed by atoms with Crippen LogP contribution in [0.4, 0.5) is 5.95 Å². The van der Waals surface area contributed by atoms with Gasteiger partial charge in [0.15, 0.2) is 10.9 Å². The van der Waals surface area contributed by atoms with E-state index >= 15 is 0 Å². The summed E-state index contributed by atoms with van der Waals surface area (Å²) in [5.74, 6) is 2.39. The van der Waals surface area contributed by atoms with E-state index in [1.807, 2.05) is 39.8 Å². The van der Waals surface area contributed by atoms with Crippen molar-refractivity contribution >= 4 is 23.6 Å². The van der Waals surface area contributed by atoms with Crippen LogP contribution in [-0.2, 0) is 11.3 Å². The van der Waals surface area contributed by atoms with E-state index < -0.39 is 0 Å². The second kappa shape index (κ2) is 9.86. The van der Waals surface area contributed by atoms with Crippen molar-refractivity contribution in [3.63, 3.8) is 0 Å². The van der Waals surface area contributed by atoms with Gasteiger partial charge in [-0.15, -0.1) is 10.2 Å². The van der Waals surface area contributed by atoms with Crippen LogP contribution in [-0.4, -0.2) is 67.5 Å². The van der Waals surface area contributed by atoms with Crippen LogP contribution >= 0.6 is 11.8 Å². The first-order chi connectivity index (χ1) is 16.3. The minimum absolute atomic E-state index is 0.0856. The summed E-state index contributed by atoms with van der Waals surface area (Å²) in [5.41, 5.74) is 1.12. The molecule has 0 radical (unpaired) electrons. The molecule has 1 aliphatic rings. The van der Waals surface area contributed by atoms with Gasteiger partial charge in [-0.05, 0) is 23.8 Å². The van der Waals surface area contributed by atoms with Gasteiger partial charge in [0.25, 0.3) is 0 Å². The number of anilines is 1. The van der Waals surface area contributed by atoms with Gasteiger partial charge < -0.3 is 14.2 Å². The zero-order valence-corrected chi connectivity index (χ0v) is 18.8. The Kier molecular flexibility index (Phi) is 6.34. The Morgan fingerprint density at radius 2 is 1.73 bits per heavy atom. The van der Waals surface area contributed by atoms with Crippen LogP contribution in [0.3, 0.4) is 0 Å². The van der Waals surface area contributed by atoms with Gasteiger partial charge >= 0.3 is 0 Å². The number of benzene rings is 1. The van der Waals surface area contributed by atoms with Crippen molar-refractivity contribution in [2.24, 2.45) is 0 Å². The maximum atomic E-state index is 12.9. The van der Waals surface area contributed by atoms with Crippen molar-refractivity contribution in [2.75, 3.05) is 36.8 Å². The first-order valence-electron chi connectivity index (χ1n) is 10.7. The van der Waals surface area contributed by atoms with Crippen molar-refractivity contribution in [3.05, 3.63) is 72.8 Å². The highest BCUT2D eigenvalue weighted by atomic mass is 32.2. The molecule has 1 aromatic carbocycles. The van der Waals surface area contributed by atoms with Crippen LogP contribution in [0.5, 0.6) is 0 Å². The number of nitrogens with zero attached hydrogens (tertiary/aromatic N) is 7. The number of carbonyl (C=O) groups is 1. The summed E-state index contributed by atoms with van der Waals surface area (Å²) in [4.78, 5) is 25.5. The fourth-order valence-corrected chi connectivity index (χ4v) is 4.56. The van der Waals surface area contributed by atoms with Crippen molar-refractivity contribution < 1.29 is 9.21 Å². The molecule has 4 aromatic rings. The zero-order chi connectivity index (χ0) is 22.5. The molecule has 0 spiro atoms. The molecule has 5 rings (SSSR count). The molecule has 3 aromatic heterocycles. The van der Waals surface area contributed by atoms with Crippen LogP contribution < -0.4 is 4.90 Å². The van der Waals surface area contributed by atoms with Crippen molar-refractivity contribution in [1.29, 1.82) is 0 Å². The average Bonchev–Trinajstić information content (AvgIpc) is 3.54. The summed E-state index contributed by atoms with van der Waals surface area (Å²) < 4.78 is 7.55. The smallest absolute Gasteiger partial charge is 0.233 e. The summed E-state index contributed by atoms with van der Waals surface area (Å²) in [7, 11) is 0. The molecule has 10 heteroatoms. The molecule has 33 heavy (non-hydrogen) atoms. The van der Waals surface area contributed by atoms with Crippen molar-refractivity contribution in [1.82, 2.24) is 29.6 Å². The topological polar surface area (TPSA) is 93.2 Å². The number of furan rings is 1. The molecular formula is C23H23N7O2S. The van der Waals surface area contributed by atoms with Crippen LogP contribution in [0.1, 0.15) is 5.56 Å². The van der Waals surface area contributed by atoms with Gasteiger partial charge in [-0.2, -0.15) is 0 Å². The van der Waals surface area contributed by atoms with Gasteiger partial charge in [0.1, 0.15) is 0 Å². The Labute approximate surface area is 195 Å². The van der Waals surface area contributed by atoms with Crippen molar-refractivity contribution in [3.8, 4) is 11.6 Å². The number of rotatable bonds is 7. The van der Waals surface area contributed by atoms with Gasteiger partial charge in [0.05, 0.1) is 18.6 Å². The van der Waals surface area contributed by atoms with Crippen molar-refractivity contribution in [2.45, 2.75) is 11.7 Å². The maximum absolute atomic E-state index is 12.9. The number of hydrogen-bond donors (Lipinski definition) is 0. The summed E-state index contributed by atoms with van der Waals surface area (Å²) >= 11 is 1.40. The zero-order valence-electron chi connectivity index (χ0n) is 17.9. The third kappa shape index (κ3) is 4.90. The fourth-order valence-electron chi connectivity index (χ4n) is 3.72. The van der Waals surface area contributed by atoms with E-state index in [0.29, 0.717) is 61.2 Å². The lowest BCUT2D eigenvalue weighted by atomic mass is 10.2. The number of carbonyl (C=O) groups excluding carboxylic acids is 1. The number of piperazine rings is 1. The molecule has 0 aliphatic carbocycles. The predicted octanol–water partition coefficient (Wildman–Crippen LogP) is 2.82. The normalized spacial score (nSPS) is 13.9. The molecule has 168 valence electrons. The Morgan fingerprint density at radius 1 is 0.939 bits per heavy atom. The SMILES string of the molecule is O=C(CSc1nnc(-c2ccco2)n1Cc1ccccc1)N1CCN(c2ncccn2)CC1. The van der Waals surface area contributed by atoms with Crippen LogP contribution in [0.15, 0.2) is 76.8 Å². The highest BCUT2D eigenvalue weighted by Gasteiger charge is 2.24. The Hall–Kier alpha value is -3.66. The minimum Gasteiger partial charge on any atom is -0.461 e. The predicted molar refractivity (Wildman–Crippen MR) is 125 cm³/mol. The number of amides is 1. The van der Waals surface area contributed by atoms with Gasteiger partial charge in [-0.1, -0.05) is 42.1 Å². The van der Waals surface area contributed by atoms with E-state index in [1.165, 1.54) is 11.8 Å². The first-order valence-corrected chi connectivity index (χ1v) is 11.7. The fraction of sp³-hybridized carbons (Fsp3) is 0.261. The van der Waals surface area contributed by atoms with E-state index in [-0.39, 0.29) is 5.91 Å². The second-order valence-corrected chi connectivity index (χ2v) is 8.50. The van der Waals surface area contributed by atoms with Crippen LogP contribution in [0, 0.1) is 0 Å². The lowest BCUT2D eigenvalue weighted by Gasteiger charge is -2.34. The molecule has 0 N–H and O–H groups in total. The van der Waals surface area contributed by atoms with Gasteiger partial charge in [0.2, 0.25) is 17.7 Å². The Balaban J connectivity index is 1.24. The number of aromatic nitrogens is 5. The summed E-state index contributed by atoms with van der Waals surface area (Å²) in [5, 5.41) is 9.39. The lowest BCUT2D eigenvalue weighted by Crippen LogP contribution is -2.49. The average molecular weight is 462 g/mol. The minimum atomic E-state index is 0.0856. The molecule has 1 saturated heterocycles. The highest BCUT2D eigenvalue weighted by Crippen LogP contribution is 2.26. The molecule has 9 nitrogen and oxygen atoms in total. The van der Waals surface area contributed by atoms with Gasteiger partial charge in [-0.3, -0.25) is 9.36 Å². The van der Waals surface area contributed by atoms with Gasteiger partial charge in [-0.25, -0.2) is 9.97 Å². The lowest BCUT2D eigenvalue weighted by molar-refractivity contribution is -0.128. The first kappa shape index (κ1) is 21.2. The van der Waals surface area contributed by atoms with Crippen LogP contribution in [0.2, 0.25) is 0 Å². The second-order valence-electron chi connectivity index (χ2n) is 7.56. The number of thioether (sulfide) groups is 1. The molecule has 0 unspecified atom stereocenters. The van der Waals surface area contributed by atoms with E-state index in [1.54, 1.807) is 24.7 Å². The maximum Gasteiger partial charge on any atom is 0.233 e. The molecule has 0 atom stereocenters. The Bertz CT molecular complexity index is 1170. The molecule has 4 heterocycles. The largest absolute Gasteiger partial charge is 0.461 e. The molecule has 1 aliphatic heterocycles. The summed E-state index contributed by atoms with van der Waals surface area (Å²) in [6, 6.07) is 15.6. The van der Waals surface area contributed by atoms with Gasteiger partial charge in [0, 0.05) is 38.6 Å². The molecular weight excluding hydrogens is 438 g/mol. The van der Waals surface area contributed by atoms with E-state index in [9.17, 15) is 4.79 Å². The monoisotopic (exact) mass is 461 g/mol. The van der Waals surface area contributed by atoms with Crippen LogP contribution in [0.25, 0.3) is 11.6 Å². The molecule has 1 amide bonds. The third-order valence-corrected chi connectivity index (χ3v) is 6.39. The molecule has 1 fully saturated rings. The standard InChI is InChI=1S/C23H23N7O2S/c31-20(28-11-13-29(14-12-28)22-24-9-5-10-25-22)17-33-23-27-26-21(19-8-4-15-32-19)30(23)16-18-6-2-1-3-7-18/h1-10,15H,11-14,16-17H2. The van der Waals surface area contributed by atoms with E-state index in [4.69, 9.17) is 4.42 Å². The summed E-state index contributed by atoms with van der Waals surface area (Å²) in [6.45, 7) is 3.31. The van der Waals surface area contributed by atoms with E-state index in [0.717, 1.165) is 5.56 Å². The third-order valence-electron chi connectivity index (χ3n) is 5.43. The molecule has 0 saturated carbocycles. The number of hydrogen-bond acceptors (Lipinski definition) is 8. The highest BCUT2D eigenvalue weighted by molar-refractivity contribution is 7.99.